The molecule has 1 unspecified atom stereocenters. The van der Waals surface area contributed by atoms with E-state index in [-0.39, 0.29) is 35.8 Å². The second-order valence-corrected chi connectivity index (χ2v) is 7.28. The maximum atomic E-state index is 13.9. The molecule has 1 saturated heterocycles. The zero-order valence-electron chi connectivity index (χ0n) is 16.7. The predicted molar refractivity (Wildman–Crippen MR) is 122 cm³/mol. The number of nitrogens with one attached hydrogen (secondary N) is 2. The fraction of sp³-hybridized carbons (Fsp3) is 0.700. The van der Waals surface area contributed by atoms with Crippen molar-refractivity contribution in [1.29, 1.82) is 0 Å². The van der Waals surface area contributed by atoms with Crippen molar-refractivity contribution in [2.24, 2.45) is 4.99 Å². The first kappa shape index (κ1) is 23.1. The highest BCUT2D eigenvalue weighted by Crippen LogP contribution is 2.21. The molecule has 1 atom stereocenters. The molecule has 1 aromatic heterocycles. The predicted octanol–water partition coefficient (Wildman–Crippen LogP) is 3.32. The highest BCUT2D eigenvalue weighted by Gasteiger charge is 2.25. The molecule has 8 heteroatoms. The van der Waals surface area contributed by atoms with E-state index >= 15 is 0 Å². The third kappa shape index (κ3) is 7.02. The zero-order valence-corrected chi connectivity index (χ0v) is 19.0. The van der Waals surface area contributed by atoms with Gasteiger partial charge < -0.3 is 20.3 Å². The molecule has 158 valence electrons. The summed E-state index contributed by atoms with van der Waals surface area (Å²) in [6.07, 6.45) is 9.00. The van der Waals surface area contributed by atoms with Gasteiger partial charge in [-0.25, -0.2) is 9.37 Å². The second kappa shape index (κ2) is 12.4. The van der Waals surface area contributed by atoms with E-state index in [1.807, 2.05) is 4.90 Å². The van der Waals surface area contributed by atoms with E-state index in [0.717, 1.165) is 51.6 Å². The number of aliphatic imine (C=N–C) groups is 1. The van der Waals surface area contributed by atoms with Crippen LogP contribution in [0.5, 0.6) is 0 Å². The number of aromatic nitrogens is 1. The Morgan fingerprint density at radius 2 is 2.18 bits per heavy atom. The Hall–Kier alpha value is -1.16. The van der Waals surface area contributed by atoms with Crippen LogP contribution in [-0.2, 0) is 4.74 Å². The molecule has 1 aromatic rings. The molecule has 0 amide bonds. The van der Waals surface area contributed by atoms with E-state index in [9.17, 15) is 4.39 Å². The summed E-state index contributed by atoms with van der Waals surface area (Å²) in [6.45, 7) is 5.92. The molecule has 0 radical (unpaired) electrons. The van der Waals surface area contributed by atoms with Crippen LogP contribution in [0.15, 0.2) is 23.3 Å². The number of guanidine groups is 1. The second-order valence-electron chi connectivity index (χ2n) is 7.28. The summed E-state index contributed by atoms with van der Waals surface area (Å²) in [5, 5.41) is 6.77. The van der Waals surface area contributed by atoms with Crippen molar-refractivity contribution in [1.82, 2.24) is 15.6 Å². The van der Waals surface area contributed by atoms with Gasteiger partial charge in [-0.2, -0.15) is 0 Å². The fourth-order valence-corrected chi connectivity index (χ4v) is 3.75. The molecule has 2 heterocycles. The van der Waals surface area contributed by atoms with Crippen LogP contribution in [0, 0.1) is 5.82 Å². The summed E-state index contributed by atoms with van der Waals surface area (Å²) >= 11 is 0. The average Bonchev–Trinajstić information content (AvgIpc) is 3.34. The van der Waals surface area contributed by atoms with E-state index in [4.69, 9.17) is 4.74 Å². The minimum absolute atomic E-state index is 0. The zero-order chi connectivity index (χ0) is 18.9. The Balaban J connectivity index is 0.00000280. The summed E-state index contributed by atoms with van der Waals surface area (Å²) in [5.74, 6) is 1.00. The molecule has 2 fully saturated rings. The van der Waals surface area contributed by atoms with Crippen molar-refractivity contribution >= 4 is 35.8 Å². The normalized spacial score (nSPS) is 20.3. The van der Waals surface area contributed by atoms with Crippen LogP contribution in [0.4, 0.5) is 10.2 Å². The average molecular weight is 505 g/mol. The maximum Gasteiger partial charge on any atom is 0.191 e. The van der Waals surface area contributed by atoms with Crippen molar-refractivity contribution in [3.05, 3.63) is 24.1 Å². The molecule has 6 nitrogen and oxygen atoms in total. The lowest BCUT2D eigenvalue weighted by Gasteiger charge is -2.20. The van der Waals surface area contributed by atoms with Crippen LogP contribution in [0.1, 0.15) is 45.4 Å². The lowest BCUT2D eigenvalue weighted by molar-refractivity contribution is 0.0579. The Bertz CT molecular complexity index is 612. The lowest BCUT2D eigenvalue weighted by Crippen LogP contribution is -2.44. The van der Waals surface area contributed by atoms with E-state index < -0.39 is 0 Å². The van der Waals surface area contributed by atoms with Crippen LogP contribution in [0.25, 0.3) is 0 Å². The summed E-state index contributed by atoms with van der Waals surface area (Å²) in [4.78, 5) is 10.8. The molecule has 2 N–H and O–H groups in total. The van der Waals surface area contributed by atoms with Crippen LogP contribution >= 0.6 is 24.0 Å². The molecule has 2 aliphatic rings. The SMILES string of the molecule is CCNC(=NCCCOC1CCCC1)NC1CCN(c2ncccc2F)C1.I. The third-order valence-electron chi connectivity index (χ3n) is 5.14. The summed E-state index contributed by atoms with van der Waals surface area (Å²) in [5.41, 5.74) is 0. The van der Waals surface area contributed by atoms with Gasteiger partial charge in [0.05, 0.1) is 6.10 Å². The Morgan fingerprint density at radius 1 is 1.36 bits per heavy atom. The number of hydrogen-bond acceptors (Lipinski definition) is 4. The van der Waals surface area contributed by atoms with Gasteiger partial charge in [0.25, 0.3) is 0 Å². The number of ether oxygens (including phenoxy) is 1. The highest BCUT2D eigenvalue weighted by molar-refractivity contribution is 14.0. The van der Waals surface area contributed by atoms with Gasteiger partial charge in [-0.15, -0.1) is 24.0 Å². The van der Waals surface area contributed by atoms with Crippen molar-refractivity contribution in [2.45, 2.75) is 57.6 Å². The monoisotopic (exact) mass is 505 g/mol. The lowest BCUT2D eigenvalue weighted by atomic mass is 10.3. The smallest absolute Gasteiger partial charge is 0.191 e. The molecule has 0 aromatic carbocycles. The third-order valence-corrected chi connectivity index (χ3v) is 5.14. The van der Waals surface area contributed by atoms with Crippen LogP contribution in [0.3, 0.4) is 0 Å². The van der Waals surface area contributed by atoms with Gasteiger partial charge in [0.2, 0.25) is 0 Å². The number of pyridine rings is 1. The van der Waals surface area contributed by atoms with Gasteiger partial charge in [-0.1, -0.05) is 12.8 Å². The minimum Gasteiger partial charge on any atom is -0.378 e. The molecule has 0 spiro atoms. The van der Waals surface area contributed by atoms with Crippen LogP contribution < -0.4 is 15.5 Å². The van der Waals surface area contributed by atoms with E-state index in [1.165, 1.54) is 31.7 Å². The minimum atomic E-state index is -0.263. The largest absolute Gasteiger partial charge is 0.378 e. The van der Waals surface area contributed by atoms with Crippen molar-refractivity contribution in [2.75, 3.05) is 37.7 Å². The Labute approximate surface area is 184 Å². The summed E-state index contributed by atoms with van der Waals surface area (Å²) in [7, 11) is 0. The number of nitrogens with zero attached hydrogens (tertiary/aromatic N) is 3. The summed E-state index contributed by atoms with van der Waals surface area (Å²) in [6, 6.07) is 3.32. The first-order valence-electron chi connectivity index (χ1n) is 10.3. The number of rotatable bonds is 8. The molecule has 1 saturated carbocycles. The first-order chi connectivity index (χ1) is 13.3. The van der Waals surface area contributed by atoms with Gasteiger partial charge in [0.1, 0.15) is 0 Å². The Morgan fingerprint density at radius 3 is 2.93 bits per heavy atom. The van der Waals surface area contributed by atoms with Crippen molar-refractivity contribution in [3.8, 4) is 0 Å². The molecule has 28 heavy (non-hydrogen) atoms. The number of anilines is 1. The van der Waals surface area contributed by atoms with Crippen LogP contribution in [0.2, 0.25) is 0 Å². The number of halogens is 2. The van der Waals surface area contributed by atoms with Crippen molar-refractivity contribution < 1.29 is 9.13 Å². The molecular weight excluding hydrogens is 472 g/mol. The maximum absolute atomic E-state index is 13.9. The topological polar surface area (TPSA) is 61.8 Å². The molecule has 1 aliphatic heterocycles. The quantitative estimate of drug-likeness (QED) is 0.246. The Kier molecular flexibility index (Phi) is 10.3. The van der Waals surface area contributed by atoms with Crippen molar-refractivity contribution in [3.63, 3.8) is 0 Å². The standard InChI is InChI=1S/C20H32FN5O.HI/c1-2-22-20(24-12-6-14-27-17-7-3-4-8-17)25-16-10-13-26(15-16)19-18(21)9-5-11-23-19;/h5,9,11,16-17H,2-4,6-8,10,12-15H2,1H3,(H2,22,24,25);1H. The first-order valence-corrected chi connectivity index (χ1v) is 10.3. The molecule has 3 rings (SSSR count). The molecular formula is C20H33FIN5O. The van der Waals surface area contributed by atoms with Gasteiger partial charge in [0.15, 0.2) is 17.6 Å². The fourth-order valence-electron chi connectivity index (χ4n) is 3.75. The summed E-state index contributed by atoms with van der Waals surface area (Å²) < 4.78 is 19.8. The van der Waals surface area contributed by atoms with Gasteiger partial charge in [-0.05, 0) is 44.7 Å². The highest BCUT2D eigenvalue weighted by atomic mass is 127. The van der Waals surface area contributed by atoms with Gasteiger partial charge >= 0.3 is 0 Å². The molecule has 1 aliphatic carbocycles. The number of hydrogen-bond donors (Lipinski definition) is 2. The van der Waals surface area contributed by atoms with E-state index in [2.05, 4.69) is 27.5 Å². The van der Waals surface area contributed by atoms with Gasteiger partial charge in [-0.3, -0.25) is 4.99 Å². The molecule has 0 bridgehead atoms. The van der Waals surface area contributed by atoms with Crippen LogP contribution in [-0.4, -0.2) is 55.9 Å². The van der Waals surface area contributed by atoms with E-state index in [0.29, 0.717) is 11.9 Å². The van der Waals surface area contributed by atoms with E-state index in [1.54, 1.807) is 12.3 Å². The van der Waals surface area contributed by atoms with Gasteiger partial charge in [0, 0.05) is 45.0 Å².